The molecule has 1 atom stereocenters. The summed E-state index contributed by atoms with van der Waals surface area (Å²) in [5.41, 5.74) is 0. The van der Waals surface area contributed by atoms with Crippen molar-refractivity contribution in [3.8, 4) is 10.9 Å². The topological polar surface area (TPSA) is 51.7 Å². The lowest BCUT2D eigenvalue weighted by atomic mass is 10.3. The molecule has 0 saturated carbocycles. The van der Waals surface area contributed by atoms with Crippen LogP contribution in [0.1, 0.15) is 6.42 Å². The maximum absolute atomic E-state index is 12.1. The van der Waals surface area contributed by atoms with Gasteiger partial charge in [0.05, 0.1) is 6.54 Å². The first-order chi connectivity index (χ1) is 10.3. The van der Waals surface area contributed by atoms with Gasteiger partial charge in [-0.3, -0.25) is 4.79 Å². The zero-order chi connectivity index (χ0) is 14.5. The highest BCUT2D eigenvalue weighted by Crippen LogP contribution is 2.20. The molecule has 1 aliphatic rings. The van der Waals surface area contributed by atoms with Gasteiger partial charge in [0.1, 0.15) is 11.9 Å². The number of hydrogen-bond acceptors (Lipinski definition) is 5. The fraction of sp³-hybridized carbons (Fsp3) is 0.333. The minimum Gasteiger partial charge on any atom is -0.484 e. The van der Waals surface area contributed by atoms with Crippen molar-refractivity contribution < 1.29 is 14.3 Å². The molecule has 1 aliphatic heterocycles. The second kappa shape index (κ2) is 6.58. The molecule has 3 rings (SSSR count). The number of nitrogens with zero attached hydrogens (tertiary/aromatic N) is 2. The van der Waals surface area contributed by atoms with E-state index in [1.54, 1.807) is 11.1 Å². The Morgan fingerprint density at radius 1 is 1.38 bits per heavy atom. The summed E-state index contributed by atoms with van der Waals surface area (Å²) >= 11 is 1.47. The number of carbonyl (C=O) groups is 1. The third-order valence-electron chi connectivity index (χ3n) is 3.28. The van der Waals surface area contributed by atoms with Crippen LogP contribution in [-0.4, -0.2) is 41.6 Å². The molecule has 1 amide bonds. The maximum atomic E-state index is 12.1. The van der Waals surface area contributed by atoms with Gasteiger partial charge < -0.3 is 14.4 Å². The van der Waals surface area contributed by atoms with Crippen LogP contribution in [-0.2, 0) is 4.79 Å². The Kier molecular flexibility index (Phi) is 4.35. The Hall–Kier alpha value is -2.08. The van der Waals surface area contributed by atoms with Gasteiger partial charge in [-0.2, -0.15) is 0 Å². The van der Waals surface area contributed by atoms with Gasteiger partial charge in [0.15, 0.2) is 6.61 Å². The van der Waals surface area contributed by atoms with Crippen LogP contribution in [0, 0.1) is 0 Å². The van der Waals surface area contributed by atoms with E-state index in [1.807, 2.05) is 35.7 Å². The molecule has 1 aromatic heterocycles. The fourth-order valence-corrected chi connectivity index (χ4v) is 2.77. The first kappa shape index (κ1) is 13.9. The molecule has 0 spiro atoms. The van der Waals surface area contributed by atoms with Gasteiger partial charge in [0.25, 0.3) is 11.1 Å². The van der Waals surface area contributed by atoms with E-state index in [0.29, 0.717) is 24.0 Å². The Morgan fingerprint density at radius 2 is 2.24 bits per heavy atom. The van der Waals surface area contributed by atoms with Crippen LogP contribution >= 0.6 is 11.3 Å². The molecule has 2 heterocycles. The van der Waals surface area contributed by atoms with E-state index < -0.39 is 0 Å². The smallest absolute Gasteiger partial charge is 0.273 e. The molecule has 2 aromatic rings. The van der Waals surface area contributed by atoms with Gasteiger partial charge >= 0.3 is 0 Å². The zero-order valence-corrected chi connectivity index (χ0v) is 12.3. The molecule has 6 heteroatoms. The van der Waals surface area contributed by atoms with Crippen molar-refractivity contribution in [1.29, 1.82) is 0 Å². The Labute approximate surface area is 127 Å². The Morgan fingerprint density at radius 3 is 3.00 bits per heavy atom. The molecule has 0 N–H and O–H groups in total. The minimum absolute atomic E-state index is 0.0101. The average Bonchev–Trinajstić information content (AvgIpc) is 3.18. The van der Waals surface area contributed by atoms with Crippen LogP contribution < -0.4 is 9.47 Å². The fourth-order valence-electron chi connectivity index (χ4n) is 2.22. The number of carbonyl (C=O) groups excluding carboxylic acids is 1. The van der Waals surface area contributed by atoms with Gasteiger partial charge in [-0.15, -0.1) is 0 Å². The van der Waals surface area contributed by atoms with Crippen molar-refractivity contribution in [2.45, 2.75) is 12.5 Å². The Bertz CT molecular complexity index is 574. The highest BCUT2D eigenvalue weighted by Gasteiger charge is 2.28. The van der Waals surface area contributed by atoms with Gasteiger partial charge in [0.2, 0.25) is 0 Å². The molecular weight excluding hydrogens is 288 g/mol. The minimum atomic E-state index is -0.0101. The number of hydrogen-bond donors (Lipinski definition) is 0. The maximum Gasteiger partial charge on any atom is 0.273 e. The van der Waals surface area contributed by atoms with Gasteiger partial charge in [0, 0.05) is 24.5 Å². The van der Waals surface area contributed by atoms with Crippen LogP contribution in [0.4, 0.5) is 0 Å². The first-order valence-electron chi connectivity index (χ1n) is 6.83. The Balaban J connectivity index is 1.46. The predicted molar refractivity (Wildman–Crippen MR) is 79.7 cm³/mol. The standard InChI is InChI=1S/C15H16N2O3S/c18-14(11-19-12-4-2-1-3-5-12)17-8-6-13(10-17)20-15-16-7-9-21-15/h1-5,7,9,13H,6,8,10-11H2. The number of likely N-dealkylation sites (tertiary alicyclic amines) is 1. The quantitative estimate of drug-likeness (QED) is 0.850. The number of aromatic nitrogens is 1. The second-order valence-electron chi connectivity index (χ2n) is 4.77. The number of thiazole rings is 1. The van der Waals surface area contributed by atoms with Crippen molar-refractivity contribution in [2.75, 3.05) is 19.7 Å². The third kappa shape index (κ3) is 3.72. The lowest BCUT2D eigenvalue weighted by Crippen LogP contribution is -2.34. The molecule has 21 heavy (non-hydrogen) atoms. The molecule has 0 aliphatic carbocycles. The van der Waals surface area contributed by atoms with Crippen LogP contribution in [0.5, 0.6) is 10.9 Å². The summed E-state index contributed by atoms with van der Waals surface area (Å²) < 4.78 is 11.2. The summed E-state index contributed by atoms with van der Waals surface area (Å²) in [6.45, 7) is 1.36. The van der Waals surface area contributed by atoms with Crippen molar-refractivity contribution in [2.24, 2.45) is 0 Å². The summed E-state index contributed by atoms with van der Waals surface area (Å²) in [4.78, 5) is 18.0. The highest BCUT2D eigenvalue weighted by atomic mass is 32.1. The molecule has 0 radical (unpaired) electrons. The highest BCUT2D eigenvalue weighted by molar-refractivity contribution is 7.11. The van der Waals surface area contributed by atoms with Crippen molar-refractivity contribution in [1.82, 2.24) is 9.88 Å². The van der Waals surface area contributed by atoms with Crippen LogP contribution in [0.25, 0.3) is 0 Å². The number of benzene rings is 1. The summed E-state index contributed by atoms with van der Waals surface area (Å²) in [5.74, 6) is 0.699. The molecule has 5 nitrogen and oxygen atoms in total. The SMILES string of the molecule is O=C(COc1ccccc1)N1CCC(Oc2nccs2)C1. The van der Waals surface area contributed by atoms with E-state index >= 15 is 0 Å². The largest absolute Gasteiger partial charge is 0.484 e. The van der Waals surface area contributed by atoms with Gasteiger partial charge in [-0.05, 0) is 12.1 Å². The number of para-hydroxylation sites is 1. The van der Waals surface area contributed by atoms with Gasteiger partial charge in [-0.1, -0.05) is 29.5 Å². The number of ether oxygens (including phenoxy) is 2. The summed E-state index contributed by atoms with van der Waals surface area (Å²) in [6.07, 6.45) is 2.57. The van der Waals surface area contributed by atoms with Crippen LogP contribution in [0.3, 0.4) is 0 Å². The number of amides is 1. The lowest BCUT2D eigenvalue weighted by molar-refractivity contribution is -0.132. The average molecular weight is 304 g/mol. The lowest BCUT2D eigenvalue weighted by Gasteiger charge is -2.16. The molecular formula is C15H16N2O3S. The van der Waals surface area contributed by atoms with E-state index in [1.165, 1.54) is 11.3 Å². The normalized spacial score (nSPS) is 17.7. The van der Waals surface area contributed by atoms with Crippen LogP contribution in [0.2, 0.25) is 0 Å². The second-order valence-corrected chi connectivity index (χ2v) is 5.63. The van der Waals surface area contributed by atoms with E-state index in [2.05, 4.69) is 4.98 Å². The van der Waals surface area contributed by atoms with E-state index in [4.69, 9.17) is 9.47 Å². The van der Waals surface area contributed by atoms with Crippen molar-refractivity contribution in [3.05, 3.63) is 41.9 Å². The molecule has 1 fully saturated rings. The van der Waals surface area contributed by atoms with E-state index in [-0.39, 0.29) is 18.6 Å². The third-order valence-corrected chi connectivity index (χ3v) is 3.94. The number of rotatable bonds is 5. The summed E-state index contributed by atoms with van der Waals surface area (Å²) in [7, 11) is 0. The van der Waals surface area contributed by atoms with Crippen molar-refractivity contribution >= 4 is 17.2 Å². The molecule has 1 aromatic carbocycles. The van der Waals surface area contributed by atoms with E-state index in [9.17, 15) is 4.79 Å². The monoisotopic (exact) mass is 304 g/mol. The summed E-state index contributed by atoms with van der Waals surface area (Å²) in [5, 5.41) is 2.54. The van der Waals surface area contributed by atoms with Gasteiger partial charge in [-0.25, -0.2) is 4.98 Å². The first-order valence-corrected chi connectivity index (χ1v) is 7.71. The van der Waals surface area contributed by atoms with E-state index in [0.717, 1.165) is 6.42 Å². The molecule has 110 valence electrons. The predicted octanol–water partition coefficient (Wildman–Crippen LogP) is 2.20. The van der Waals surface area contributed by atoms with Crippen molar-refractivity contribution in [3.63, 3.8) is 0 Å². The summed E-state index contributed by atoms with van der Waals surface area (Å²) in [6, 6.07) is 9.36. The van der Waals surface area contributed by atoms with Crippen LogP contribution in [0.15, 0.2) is 41.9 Å². The molecule has 0 bridgehead atoms. The zero-order valence-electron chi connectivity index (χ0n) is 11.5. The molecule has 1 unspecified atom stereocenters. The molecule has 1 saturated heterocycles.